The van der Waals surface area contributed by atoms with E-state index in [2.05, 4.69) is 18.9 Å². The monoisotopic (exact) mass is 356 g/mol. The zero-order valence-electron chi connectivity index (χ0n) is 16.2. The van der Waals surface area contributed by atoms with Crippen LogP contribution >= 0.6 is 0 Å². The van der Waals surface area contributed by atoms with E-state index >= 15 is 0 Å². The predicted molar refractivity (Wildman–Crippen MR) is 103 cm³/mol. The van der Waals surface area contributed by atoms with Gasteiger partial charge in [-0.1, -0.05) is 17.7 Å². The Kier molecular flexibility index (Phi) is 5.07. The first kappa shape index (κ1) is 18.0. The number of aryl methyl sites for hydroxylation is 1. The average molecular weight is 357 g/mol. The number of carbonyl (C=O) groups excluding carboxylic acids is 1. The fourth-order valence-corrected chi connectivity index (χ4v) is 4.65. The molecule has 1 aromatic rings. The van der Waals surface area contributed by atoms with Crippen LogP contribution in [0.5, 0.6) is 0 Å². The Morgan fingerprint density at radius 3 is 2.42 bits per heavy atom. The van der Waals surface area contributed by atoms with Crippen molar-refractivity contribution in [1.82, 2.24) is 9.80 Å². The van der Waals surface area contributed by atoms with E-state index in [-0.39, 0.29) is 11.4 Å². The van der Waals surface area contributed by atoms with Gasteiger partial charge in [-0.2, -0.15) is 0 Å². The summed E-state index contributed by atoms with van der Waals surface area (Å²) in [5.41, 5.74) is 2.29. The van der Waals surface area contributed by atoms with E-state index in [0.717, 1.165) is 50.6 Å². The molecule has 0 bridgehead atoms. The Balaban J connectivity index is 1.30. The fraction of sp³-hybridized carbons (Fsp3) is 0.682. The molecule has 26 heavy (non-hydrogen) atoms. The van der Waals surface area contributed by atoms with Crippen molar-refractivity contribution >= 4 is 5.91 Å². The number of piperidine rings is 1. The van der Waals surface area contributed by atoms with Crippen LogP contribution in [0.2, 0.25) is 0 Å². The van der Waals surface area contributed by atoms with Gasteiger partial charge in [0.05, 0.1) is 6.61 Å². The van der Waals surface area contributed by atoms with Gasteiger partial charge >= 0.3 is 0 Å². The molecule has 1 unspecified atom stereocenters. The minimum atomic E-state index is 0.185. The molecule has 1 spiro atoms. The Morgan fingerprint density at radius 2 is 1.77 bits per heavy atom. The predicted octanol–water partition coefficient (Wildman–Crippen LogP) is 3.49. The average Bonchev–Trinajstić information content (AvgIpc) is 3.44. The highest BCUT2D eigenvalue weighted by atomic mass is 16.5. The van der Waals surface area contributed by atoms with E-state index in [1.807, 2.05) is 29.2 Å². The van der Waals surface area contributed by atoms with Crippen LogP contribution in [0, 0.1) is 12.8 Å². The maximum atomic E-state index is 12.8. The van der Waals surface area contributed by atoms with Crippen molar-refractivity contribution in [2.45, 2.75) is 57.0 Å². The molecule has 4 rings (SSSR count). The standard InChI is InChI=1S/C22H32N2O2/c1-17-3-7-19(8-4-17)21(25)24-13-11-22(12-14-24)10-9-20(23(22)2)16-26-15-18-5-6-18/h3-4,7-8,18,20H,5-6,9-16H2,1-2H3. The third-order valence-electron chi connectivity index (χ3n) is 6.88. The van der Waals surface area contributed by atoms with Crippen LogP contribution in [0.3, 0.4) is 0 Å². The van der Waals surface area contributed by atoms with Crippen molar-refractivity contribution < 1.29 is 9.53 Å². The molecule has 4 nitrogen and oxygen atoms in total. The molecule has 2 saturated heterocycles. The SMILES string of the molecule is Cc1ccc(C(=O)N2CCC3(CCC(COCC4CC4)N3C)CC2)cc1. The first-order valence-corrected chi connectivity index (χ1v) is 10.2. The summed E-state index contributed by atoms with van der Waals surface area (Å²) in [6.45, 7) is 5.62. The Labute approximate surface area is 157 Å². The summed E-state index contributed by atoms with van der Waals surface area (Å²) < 4.78 is 5.97. The van der Waals surface area contributed by atoms with Gasteiger partial charge in [0.15, 0.2) is 0 Å². The van der Waals surface area contributed by atoms with E-state index in [9.17, 15) is 4.79 Å². The van der Waals surface area contributed by atoms with Crippen molar-refractivity contribution in [3.63, 3.8) is 0 Å². The molecule has 2 heterocycles. The second kappa shape index (κ2) is 7.32. The highest BCUT2D eigenvalue weighted by Crippen LogP contribution is 2.41. The molecule has 4 heteroatoms. The van der Waals surface area contributed by atoms with Crippen LogP contribution in [0.15, 0.2) is 24.3 Å². The quantitative estimate of drug-likeness (QED) is 0.810. The summed E-state index contributed by atoms with van der Waals surface area (Å²) in [5, 5.41) is 0. The van der Waals surface area contributed by atoms with Gasteiger partial charge in [-0.25, -0.2) is 0 Å². The molecular weight excluding hydrogens is 324 g/mol. The third-order valence-corrected chi connectivity index (χ3v) is 6.88. The summed E-state index contributed by atoms with van der Waals surface area (Å²) in [4.78, 5) is 17.4. The van der Waals surface area contributed by atoms with Crippen LogP contribution < -0.4 is 0 Å². The van der Waals surface area contributed by atoms with Gasteiger partial charge in [0.2, 0.25) is 0 Å². The molecule has 3 aliphatic rings. The second-order valence-electron chi connectivity index (χ2n) is 8.67. The number of nitrogens with zero attached hydrogens (tertiary/aromatic N) is 2. The van der Waals surface area contributed by atoms with Gasteiger partial charge in [-0.3, -0.25) is 9.69 Å². The van der Waals surface area contributed by atoms with Crippen molar-refractivity contribution in [2.24, 2.45) is 5.92 Å². The number of hydrogen-bond donors (Lipinski definition) is 0. The number of likely N-dealkylation sites (tertiary alicyclic amines) is 2. The van der Waals surface area contributed by atoms with Gasteiger partial charge in [0.1, 0.15) is 0 Å². The zero-order chi connectivity index (χ0) is 18.1. The van der Waals surface area contributed by atoms with E-state index in [1.165, 1.54) is 31.2 Å². The minimum absolute atomic E-state index is 0.185. The lowest BCUT2D eigenvalue weighted by molar-refractivity contribution is 0.0172. The molecule has 1 atom stereocenters. The number of ether oxygens (including phenoxy) is 1. The maximum Gasteiger partial charge on any atom is 0.253 e. The molecule has 2 aliphatic heterocycles. The highest BCUT2D eigenvalue weighted by molar-refractivity contribution is 5.94. The van der Waals surface area contributed by atoms with Gasteiger partial charge in [-0.05, 0) is 70.5 Å². The largest absolute Gasteiger partial charge is 0.380 e. The molecule has 0 aromatic heterocycles. The highest BCUT2D eigenvalue weighted by Gasteiger charge is 2.46. The molecule has 1 saturated carbocycles. The van der Waals surface area contributed by atoms with Gasteiger partial charge in [-0.15, -0.1) is 0 Å². The number of carbonyl (C=O) groups is 1. The summed E-state index contributed by atoms with van der Waals surface area (Å²) in [6.07, 6.45) is 7.35. The molecule has 1 amide bonds. The van der Waals surface area contributed by atoms with Crippen LogP contribution in [0.25, 0.3) is 0 Å². The Hall–Kier alpha value is -1.39. The van der Waals surface area contributed by atoms with E-state index in [0.29, 0.717) is 6.04 Å². The van der Waals surface area contributed by atoms with Gasteiger partial charge in [0.25, 0.3) is 5.91 Å². The lowest BCUT2D eigenvalue weighted by Gasteiger charge is -2.45. The van der Waals surface area contributed by atoms with E-state index in [1.54, 1.807) is 0 Å². The van der Waals surface area contributed by atoms with Gasteiger partial charge in [0, 0.05) is 36.8 Å². The maximum absolute atomic E-state index is 12.8. The van der Waals surface area contributed by atoms with Crippen molar-refractivity contribution in [3.8, 4) is 0 Å². The Bertz CT molecular complexity index is 630. The normalized spacial score (nSPS) is 25.8. The number of amides is 1. The summed E-state index contributed by atoms with van der Waals surface area (Å²) in [7, 11) is 2.27. The molecular formula is C22H32N2O2. The number of hydrogen-bond acceptors (Lipinski definition) is 3. The molecule has 1 aromatic carbocycles. The van der Waals surface area contributed by atoms with Crippen LogP contribution in [-0.2, 0) is 4.74 Å². The summed E-state index contributed by atoms with van der Waals surface area (Å²) in [5.74, 6) is 1.02. The number of likely N-dealkylation sites (N-methyl/N-ethyl adjacent to an activating group) is 1. The molecule has 3 fully saturated rings. The molecule has 0 radical (unpaired) electrons. The smallest absolute Gasteiger partial charge is 0.253 e. The van der Waals surface area contributed by atoms with Crippen LogP contribution in [0.1, 0.15) is 54.4 Å². The summed E-state index contributed by atoms with van der Waals surface area (Å²) >= 11 is 0. The fourth-order valence-electron chi connectivity index (χ4n) is 4.65. The Morgan fingerprint density at radius 1 is 1.08 bits per heavy atom. The number of benzene rings is 1. The van der Waals surface area contributed by atoms with E-state index < -0.39 is 0 Å². The lowest BCUT2D eigenvalue weighted by Crippen LogP contribution is -2.54. The first-order valence-electron chi connectivity index (χ1n) is 10.2. The van der Waals surface area contributed by atoms with Crippen molar-refractivity contribution in [1.29, 1.82) is 0 Å². The van der Waals surface area contributed by atoms with E-state index in [4.69, 9.17) is 4.74 Å². The molecule has 142 valence electrons. The zero-order valence-corrected chi connectivity index (χ0v) is 16.2. The summed E-state index contributed by atoms with van der Waals surface area (Å²) in [6, 6.07) is 8.51. The molecule has 0 N–H and O–H groups in total. The number of rotatable bonds is 5. The first-order chi connectivity index (χ1) is 12.6. The molecule has 1 aliphatic carbocycles. The lowest BCUT2D eigenvalue weighted by atomic mass is 9.85. The minimum Gasteiger partial charge on any atom is -0.380 e. The van der Waals surface area contributed by atoms with Crippen molar-refractivity contribution in [2.75, 3.05) is 33.4 Å². The van der Waals surface area contributed by atoms with Gasteiger partial charge < -0.3 is 9.64 Å². The van der Waals surface area contributed by atoms with Crippen LogP contribution in [-0.4, -0.2) is 60.6 Å². The van der Waals surface area contributed by atoms with Crippen molar-refractivity contribution in [3.05, 3.63) is 35.4 Å². The third kappa shape index (κ3) is 3.67. The second-order valence-corrected chi connectivity index (χ2v) is 8.67. The topological polar surface area (TPSA) is 32.8 Å². The van der Waals surface area contributed by atoms with Crippen LogP contribution in [0.4, 0.5) is 0 Å².